The second kappa shape index (κ2) is 8.25. The summed E-state index contributed by atoms with van der Waals surface area (Å²) in [6.45, 7) is 11.2. The van der Waals surface area contributed by atoms with Crippen molar-refractivity contribution >= 4 is 22.1 Å². The Bertz CT molecular complexity index is 602. The zero-order valence-electron chi connectivity index (χ0n) is 16.9. The minimum absolute atomic E-state index is 0.100. The standard InChI is InChI=1S/C19H31BO5Si/c1-19(2,3)26(5,6)25-16-15(22-4)14(24-17(16)20)12-23-18(21)13-10-8-7-9-11-13/h7-11,14-17H,12,20H2,1-6H3/t14-,15+,16?,17-/m1/s1. The molecule has 1 fully saturated rings. The lowest BCUT2D eigenvalue weighted by molar-refractivity contribution is -0.0389. The van der Waals surface area contributed by atoms with E-state index in [0.29, 0.717) is 5.56 Å². The van der Waals surface area contributed by atoms with Gasteiger partial charge in [0, 0.05) is 7.11 Å². The first-order valence-electron chi connectivity index (χ1n) is 9.15. The molecule has 4 atom stereocenters. The minimum Gasteiger partial charge on any atom is -0.459 e. The third-order valence-corrected chi connectivity index (χ3v) is 9.91. The van der Waals surface area contributed by atoms with Gasteiger partial charge in [0.1, 0.15) is 26.7 Å². The van der Waals surface area contributed by atoms with E-state index in [-0.39, 0.29) is 41.9 Å². The fourth-order valence-corrected chi connectivity index (χ4v) is 4.18. The summed E-state index contributed by atoms with van der Waals surface area (Å²) in [6, 6.07) is 8.84. The zero-order chi connectivity index (χ0) is 19.5. The minimum atomic E-state index is -1.96. The van der Waals surface area contributed by atoms with Gasteiger partial charge in [0.2, 0.25) is 0 Å². The van der Waals surface area contributed by atoms with Gasteiger partial charge in [-0.2, -0.15) is 0 Å². The molecular formula is C19H31BO5Si. The highest BCUT2D eigenvalue weighted by Gasteiger charge is 2.49. The van der Waals surface area contributed by atoms with E-state index in [9.17, 15) is 4.79 Å². The number of rotatable bonds is 6. The maximum Gasteiger partial charge on any atom is 0.338 e. The van der Waals surface area contributed by atoms with Crippen molar-refractivity contribution in [3.05, 3.63) is 35.9 Å². The fourth-order valence-electron chi connectivity index (χ4n) is 2.82. The third kappa shape index (κ3) is 4.77. The highest BCUT2D eigenvalue weighted by atomic mass is 28.4. The van der Waals surface area contributed by atoms with Crippen LogP contribution in [0.25, 0.3) is 0 Å². The van der Waals surface area contributed by atoms with Crippen LogP contribution < -0.4 is 0 Å². The summed E-state index contributed by atoms with van der Waals surface area (Å²) in [7, 11) is 1.68. The number of carbonyl (C=O) groups excluding carboxylic acids is 1. The number of esters is 1. The number of hydrogen-bond donors (Lipinski definition) is 0. The molecule has 1 aromatic rings. The number of benzene rings is 1. The van der Waals surface area contributed by atoms with E-state index in [0.717, 1.165) is 0 Å². The second-order valence-electron chi connectivity index (χ2n) is 8.39. The van der Waals surface area contributed by atoms with E-state index in [1.54, 1.807) is 19.2 Å². The van der Waals surface area contributed by atoms with Crippen molar-refractivity contribution in [1.29, 1.82) is 0 Å². The lowest BCUT2D eigenvalue weighted by atomic mass is 9.93. The van der Waals surface area contributed by atoms with E-state index >= 15 is 0 Å². The molecule has 7 heteroatoms. The summed E-state index contributed by atoms with van der Waals surface area (Å²) in [5, 5.41) is 0.100. The van der Waals surface area contributed by atoms with Gasteiger partial charge in [-0.05, 0) is 30.3 Å². The molecule has 2 rings (SSSR count). The number of methoxy groups -OCH3 is 1. The lowest BCUT2D eigenvalue weighted by Gasteiger charge is -2.40. The SMILES string of the molecule is B[C@@H]1O[C@H](COC(=O)c2ccccc2)[C@H](OC)C1O[Si](C)(C)C(C)(C)C. The van der Waals surface area contributed by atoms with Gasteiger partial charge in [0.15, 0.2) is 8.32 Å². The lowest BCUT2D eigenvalue weighted by Crippen LogP contribution is -2.50. The van der Waals surface area contributed by atoms with Crippen molar-refractivity contribution < 1.29 is 23.4 Å². The van der Waals surface area contributed by atoms with Gasteiger partial charge in [0.25, 0.3) is 0 Å². The average molecular weight is 378 g/mol. The van der Waals surface area contributed by atoms with Gasteiger partial charge in [-0.15, -0.1) is 0 Å². The summed E-state index contributed by atoms with van der Waals surface area (Å²) in [6.07, 6.45) is -0.763. The molecule has 0 spiro atoms. The maximum atomic E-state index is 12.2. The van der Waals surface area contributed by atoms with E-state index in [2.05, 4.69) is 33.9 Å². The normalized spacial score (nSPS) is 26.7. The summed E-state index contributed by atoms with van der Waals surface area (Å²) in [5.41, 5.74) is 0.529. The first-order chi connectivity index (χ1) is 12.1. The maximum absolute atomic E-state index is 12.2. The molecule has 0 aliphatic carbocycles. The van der Waals surface area contributed by atoms with E-state index in [1.165, 1.54) is 0 Å². The first-order valence-corrected chi connectivity index (χ1v) is 12.1. The van der Waals surface area contributed by atoms with Crippen LogP contribution in [0.3, 0.4) is 0 Å². The van der Waals surface area contributed by atoms with Crippen LogP contribution in [0.1, 0.15) is 31.1 Å². The van der Waals surface area contributed by atoms with E-state index < -0.39 is 8.32 Å². The van der Waals surface area contributed by atoms with Crippen LogP contribution in [0.15, 0.2) is 30.3 Å². The summed E-state index contributed by atoms with van der Waals surface area (Å²) >= 11 is 0. The van der Waals surface area contributed by atoms with E-state index in [1.807, 2.05) is 26.0 Å². The topological polar surface area (TPSA) is 54.0 Å². The Hall–Kier alpha value is -1.15. The van der Waals surface area contributed by atoms with Crippen LogP contribution in [0.2, 0.25) is 18.1 Å². The van der Waals surface area contributed by atoms with Crippen molar-refractivity contribution in [2.75, 3.05) is 13.7 Å². The zero-order valence-corrected chi connectivity index (χ0v) is 17.9. The quantitative estimate of drug-likeness (QED) is 0.563. The number of hydrogen-bond acceptors (Lipinski definition) is 5. The Kier molecular flexibility index (Phi) is 6.71. The van der Waals surface area contributed by atoms with Gasteiger partial charge in [-0.1, -0.05) is 39.0 Å². The third-order valence-electron chi connectivity index (χ3n) is 5.44. The molecule has 0 N–H and O–H groups in total. The van der Waals surface area contributed by atoms with Gasteiger partial charge in [-0.25, -0.2) is 4.79 Å². The van der Waals surface area contributed by atoms with E-state index in [4.69, 9.17) is 18.6 Å². The molecule has 1 aliphatic rings. The van der Waals surface area contributed by atoms with Crippen LogP contribution in [0.4, 0.5) is 0 Å². The molecule has 1 saturated heterocycles. The van der Waals surface area contributed by atoms with Crippen LogP contribution >= 0.6 is 0 Å². The van der Waals surface area contributed by atoms with Crippen LogP contribution in [0, 0.1) is 0 Å². The largest absolute Gasteiger partial charge is 0.459 e. The molecule has 26 heavy (non-hydrogen) atoms. The van der Waals surface area contributed by atoms with Crippen LogP contribution in [-0.4, -0.2) is 60.2 Å². The van der Waals surface area contributed by atoms with Crippen molar-refractivity contribution in [2.45, 2.75) is 63.2 Å². The van der Waals surface area contributed by atoms with Crippen molar-refractivity contribution in [3.63, 3.8) is 0 Å². The summed E-state index contributed by atoms with van der Waals surface area (Å²) in [5.74, 6) is -0.356. The predicted octanol–water partition coefficient (Wildman–Crippen LogP) is 2.61. The Morgan fingerprint density at radius 3 is 2.35 bits per heavy atom. The molecule has 1 aromatic carbocycles. The Morgan fingerprint density at radius 2 is 1.81 bits per heavy atom. The van der Waals surface area contributed by atoms with Crippen molar-refractivity contribution in [1.82, 2.24) is 0 Å². The van der Waals surface area contributed by atoms with Gasteiger partial charge in [0.05, 0.1) is 17.7 Å². The molecule has 0 aromatic heterocycles. The molecule has 0 amide bonds. The van der Waals surface area contributed by atoms with Crippen molar-refractivity contribution in [3.8, 4) is 0 Å². The van der Waals surface area contributed by atoms with Gasteiger partial charge in [-0.3, -0.25) is 0 Å². The number of ether oxygens (including phenoxy) is 3. The molecule has 144 valence electrons. The van der Waals surface area contributed by atoms with Crippen LogP contribution in [0.5, 0.6) is 0 Å². The average Bonchev–Trinajstić information content (AvgIpc) is 2.87. The molecule has 5 nitrogen and oxygen atoms in total. The second-order valence-corrected chi connectivity index (χ2v) is 13.1. The molecule has 1 unspecified atom stereocenters. The smallest absolute Gasteiger partial charge is 0.338 e. The summed E-state index contributed by atoms with van der Waals surface area (Å²) in [4.78, 5) is 12.2. The molecule has 0 radical (unpaired) electrons. The fraction of sp³-hybridized carbons (Fsp3) is 0.632. The van der Waals surface area contributed by atoms with Crippen molar-refractivity contribution in [2.24, 2.45) is 0 Å². The molecule has 0 saturated carbocycles. The molecule has 1 heterocycles. The Labute approximate surface area is 158 Å². The summed E-state index contributed by atoms with van der Waals surface area (Å²) < 4.78 is 23.7. The Morgan fingerprint density at radius 1 is 1.19 bits per heavy atom. The highest BCUT2D eigenvalue weighted by Crippen LogP contribution is 2.39. The highest BCUT2D eigenvalue weighted by molar-refractivity contribution is 6.74. The number of carbonyl (C=O) groups is 1. The molecule has 1 aliphatic heterocycles. The van der Waals surface area contributed by atoms with Gasteiger partial charge >= 0.3 is 5.97 Å². The predicted molar refractivity (Wildman–Crippen MR) is 107 cm³/mol. The van der Waals surface area contributed by atoms with Crippen LogP contribution in [-0.2, 0) is 18.6 Å². The van der Waals surface area contributed by atoms with Gasteiger partial charge < -0.3 is 18.6 Å². The molecule has 0 bridgehead atoms. The Balaban J connectivity index is 2.02. The molecular weight excluding hydrogens is 347 g/mol. The monoisotopic (exact) mass is 378 g/mol. The first kappa shape index (κ1) is 21.2.